The fourth-order valence-corrected chi connectivity index (χ4v) is 5.35. The second-order valence-corrected chi connectivity index (χ2v) is 9.71. The van der Waals surface area contributed by atoms with Gasteiger partial charge in [0.1, 0.15) is 16.6 Å². The molecule has 162 valence electrons. The van der Waals surface area contributed by atoms with E-state index in [9.17, 15) is 9.59 Å². The molecular weight excluding hydrogens is 432 g/mol. The Balaban J connectivity index is 1.38. The van der Waals surface area contributed by atoms with Gasteiger partial charge in [-0.05, 0) is 44.3 Å². The van der Waals surface area contributed by atoms with Crippen LogP contribution >= 0.6 is 23.1 Å². The standard InChI is InChI=1S/C22H24N4O3S2/c1-13-24-18-6-4-15(29-3)8-17(18)22(25-13)30-12-19(27)20-7-5-16(31-20)9-23-21(28)14-10-26(2)11-14/h4-8,14H,9-12H2,1-3H3,(H,23,28). The van der Waals surface area contributed by atoms with Crippen molar-refractivity contribution in [1.82, 2.24) is 20.2 Å². The monoisotopic (exact) mass is 456 g/mol. The van der Waals surface area contributed by atoms with Crippen LogP contribution in [0, 0.1) is 12.8 Å². The Labute approximate surface area is 189 Å². The van der Waals surface area contributed by atoms with Crippen molar-refractivity contribution in [3.05, 3.63) is 45.9 Å². The number of carbonyl (C=O) groups is 2. The molecule has 1 aromatic carbocycles. The van der Waals surface area contributed by atoms with Crippen LogP contribution in [0.2, 0.25) is 0 Å². The van der Waals surface area contributed by atoms with Crippen LogP contribution in [-0.4, -0.2) is 59.6 Å². The first kappa shape index (κ1) is 21.7. The highest BCUT2D eigenvalue weighted by atomic mass is 32.2. The van der Waals surface area contributed by atoms with Crippen LogP contribution in [0.4, 0.5) is 0 Å². The molecule has 0 bridgehead atoms. The van der Waals surface area contributed by atoms with Crippen LogP contribution in [0.3, 0.4) is 0 Å². The Morgan fingerprint density at radius 1 is 1.26 bits per heavy atom. The first-order valence-electron chi connectivity index (χ1n) is 9.96. The Kier molecular flexibility index (Phi) is 6.54. The number of ether oxygens (including phenoxy) is 1. The summed E-state index contributed by atoms with van der Waals surface area (Å²) < 4.78 is 5.31. The first-order valence-corrected chi connectivity index (χ1v) is 11.8. The smallest absolute Gasteiger partial charge is 0.225 e. The van der Waals surface area contributed by atoms with E-state index in [1.54, 1.807) is 7.11 Å². The quantitative estimate of drug-likeness (QED) is 0.317. The predicted octanol–water partition coefficient (Wildman–Crippen LogP) is 3.16. The third kappa shape index (κ3) is 5.06. The molecule has 0 spiro atoms. The number of nitrogens with zero attached hydrogens (tertiary/aromatic N) is 3. The van der Waals surface area contributed by atoms with Crippen molar-refractivity contribution in [2.24, 2.45) is 5.92 Å². The van der Waals surface area contributed by atoms with Crippen molar-refractivity contribution in [2.45, 2.75) is 18.5 Å². The largest absolute Gasteiger partial charge is 0.497 e. The zero-order chi connectivity index (χ0) is 22.0. The molecule has 3 aromatic rings. The number of aromatic nitrogens is 2. The molecule has 0 atom stereocenters. The van der Waals surface area contributed by atoms with Crippen molar-refractivity contribution < 1.29 is 14.3 Å². The van der Waals surface area contributed by atoms with E-state index in [0.717, 1.165) is 39.6 Å². The number of Topliss-reactive ketones (excluding diaryl/α,β-unsaturated/α-hetero) is 1. The van der Waals surface area contributed by atoms with Gasteiger partial charge in [-0.1, -0.05) is 11.8 Å². The number of carbonyl (C=O) groups excluding carboxylic acids is 2. The predicted molar refractivity (Wildman–Crippen MR) is 123 cm³/mol. The highest BCUT2D eigenvalue weighted by Gasteiger charge is 2.29. The summed E-state index contributed by atoms with van der Waals surface area (Å²) in [4.78, 5) is 37.6. The minimum atomic E-state index is 0.0421. The summed E-state index contributed by atoms with van der Waals surface area (Å²) in [5, 5.41) is 4.61. The van der Waals surface area contributed by atoms with Gasteiger partial charge in [-0.15, -0.1) is 11.3 Å². The number of rotatable bonds is 8. The molecule has 4 rings (SSSR count). The van der Waals surface area contributed by atoms with E-state index < -0.39 is 0 Å². The summed E-state index contributed by atoms with van der Waals surface area (Å²) in [6, 6.07) is 9.40. The van der Waals surface area contributed by atoms with Crippen LogP contribution in [-0.2, 0) is 11.3 Å². The summed E-state index contributed by atoms with van der Waals surface area (Å²) in [5.74, 6) is 1.87. The van der Waals surface area contributed by atoms with Crippen LogP contribution < -0.4 is 10.1 Å². The topological polar surface area (TPSA) is 84.4 Å². The average molecular weight is 457 g/mol. The Morgan fingerprint density at radius 2 is 2.06 bits per heavy atom. The molecule has 0 aliphatic carbocycles. The van der Waals surface area contributed by atoms with Gasteiger partial charge >= 0.3 is 0 Å². The number of fused-ring (bicyclic) bond motifs is 1. The van der Waals surface area contributed by atoms with E-state index in [2.05, 4.69) is 20.2 Å². The van der Waals surface area contributed by atoms with Crippen molar-refractivity contribution >= 4 is 45.7 Å². The lowest BCUT2D eigenvalue weighted by Crippen LogP contribution is -2.51. The summed E-state index contributed by atoms with van der Waals surface area (Å²) in [5.41, 5.74) is 0.829. The molecular formula is C22H24N4O3S2. The molecule has 7 nitrogen and oxygen atoms in total. The Morgan fingerprint density at radius 3 is 2.81 bits per heavy atom. The molecule has 1 aliphatic heterocycles. The van der Waals surface area contributed by atoms with E-state index in [1.807, 2.05) is 44.3 Å². The maximum absolute atomic E-state index is 12.7. The molecule has 0 unspecified atom stereocenters. The number of hydrogen-bond donors (Lipinski definition) is 1. The molecule has 2 aromatic heterocycles. The zero-order valence-electron chi connectivity index (χ0n) is 17.7. The van der Waals surface area contributed by atoms with Crippen LogP contribution in [0.1, 0.15) is 20.4 Å². The van der Waals surface area contributed by atoms with E-state index in [0.29, 0.717) is 17.2 Å². The summed E-state index contributed by atoms with van der Waals surface area (Å²) in [7, 11) is 3.62. The highest BCUT2D eigenvalue weighted by molar-refractivity contribution is 8.00. The lowest BCUT2D eigenvalue weighted by atomic mass is 10.0. The van der Waals surface area contributed by atoms with Gasteiger partial charge in [0, 0.05) is 23.4 Å². The number of ketones is 1. The third-order valence-corrected chi connectivity index (χ3v) is 7.25. The van der Waals surface area contributed by atoms with Crippen molar-refractivity contribution in [3.63, 3.8) is 0 Å². The van der Waals surface area contributed by atoms with E-state index in [4.69, 9.17) is 4.74 Å². The van der Waals surface area contributed by atoms with E-state index in [-0.39, 0.29) is 23.4 Å². The summed E-state index contributed by atoms with van der Waals surface area (Å²) in [6.45, 7) is 3.91. The fraction of sp³-hybridized carbons (Fsp3) is 0.364. The van der Waals surface area contributed by atoms with E-state index >= 15 is 0 Å². The molecule has 1 fully saturated rings. The maximum atomic E-state index is 12.7. The molecule has 0 saturated carbocycles. The van der Waals surface area contributed by atoms with Gasteiger partial charge in [0.2, 0.25) is 5.91 Å². The lowest BCUT2D eigenvalue weighted by Gasteiger charge is -2.34. The number of benzene rings is 1. The second kappa shape index (κ2) is 9.33. The van der Waals surface area contributed by atoms with Gasteiger partial charge in [0.15, 0.2) is 5.78 Å². The molecule has 1 amide bonds. The summed E-state index contributed by atoms with van der Waals surface area (Å²) >= 11 is 2.83. The molecule has 1 N–H and O–H groups in total. The SMILES string of the molecule is COc1ccc2nc(C)nc(SCC(=O)c3ccc(CNC(=O)C4CN(C)C4)s3)c2c1. The number of likely N-dealkylation sites (tertiary alicyclic amines) is 1. The average Bonchev–Trinajstić information content (AvgIpc) is 3.22. The number of methoxy groups -OCH3 is 1. The zero-order valence-corrected chi connectivity index (χ0v) is 19.3. The number of amides is 1. The third-order valence-electron chi connectivity index (χ3n) is 5.13. The number of thiophene rings is 1. The molecule has 1 aliphatic rings. The first-order chi connectivity index (χ1) is 14.9. The lowest BCUT2D eigenvalue weighted by molar-refractivity contribution is -0.129. The van der Waals surface area contributed by atoms with Gasteiger partial charge in [-0.3, -0.25) is 9.59 Å². The molecule has 9 heteroatoms. The molecule has 1 saturated heterocycles. The van der Waals surface area contributed by atoms with Crippen LogP contribution in [0.5, 0.6) is 5.75 Å². The van der Waals surface area contributed by atoms with Gasteiger partial charge in [0.05, 0.1) is 35.7 Å². The normalized spacial score (nSPS) is 14.4. The van der Waals surface area contributed by atoms with Gasteiger partial charge in [-0.2, -0.15) is 0 Å². The number of thioether (sulfide) groups is 1. The van der Waals surface area contributed by atoms with Gasteiger partial charge in [-0.25, -0.2) is 9.97 Å². The Bertz CT molecular complexity index is 1130. The fourth-order valence-electron chi connectivity index (χ4n) is 3.44. The van der Waals surface area contributed by atoms with E-state index in [1.165, 1.54) is 23.1 Å². The molecule has 0 radical (unpaired) electrons. The Hall–Kier alpha value is -2.49. The maximum Gasteiger partial charge on any atom is 0.225 e. The van der Waals surface area contributed by atoms with Gasteiger partial charge in [0.25, 0.3) is 0 Å². The van der Waals surface area contributed by atoms with Crippen molar-refractivity contribution in [1.29, 1.82) is 0 Å². The highest BCUT2D eigenvalue weighted by Crippen LogP contribution is 2.29. The summed E-state index contributed by atoms with van der Waals surface area (Å²) in [6.07, 6.45) is 0. The van der Waals surface area contributed by atoms with Crippen molar-refractivity contribution in [2.75, 3.05) is 33.0 Å². The number of hydrogen-bond acceptors (Lipinski definition) is 8. The minimum absolute atomic E-state index is 0.0421. The molecule has 3 heterocycles. The number of nitrogens with one attached hydrogen (secondary N) is 1. The minimum Gasteiger partial charge on any atom is -0.497 e. The van der Waals surface area contributed by atoms with Gasteiger partial charge < -0.3 is 15.0 Å². The number of aryl methyl sites for hydroxylation is 1. The molecule has 31 heavy (non-hydrogen) atoms. The van der Waals surface area contributed by atoms with Crippen LogP contribution in [0.25, 0.3) is 10.9 Å². The second-order valence-electron chi connectivity index (χ2n) is 7.57. The van der Waals surface area contributed by atoms with Crippen molar-refractivity contribution in [3.8, 4) is 5.75 Å². The van der Waals surface area contributed by atoms with Crippen LogP contribution in [0.15, 0.2) is 35.4 Å².